The number of hydrogen-bond donors (Lipinski definition) is 1. The number of benzene rings is 1. The quantitative estimate of drug-likeness (QED) is 0.476. The normalized spacial score (nSPS) is 17.0. The number of likely N-dealkylation sites (tertiary alicyclic amines) is 1. The highest BCUT2D eigenvalue weighted by Gasteiger charge is 2.31. The minimum atomic E-state index is -1.11. The summed E-state index contributed by atoms with van der Waals surface area (Å²) >= 11 is 0. The number of carbonyl (C=O) groups is 2. The number of ether oxygens (including phenoxy) is 2. The number of para-hydroxylation sites is 1. The van der Waals surface area contributed by atoms with Crippen LogP contribution >= 0.6 is 0 Å². The maximum atomic E-state index is 12.4. The molecule has 0 unspecified atom stereocenters. The number of fused-ring (bicyclic) bond motifs is 1. The van der Waals surface area contributed by atoms with Crippen molar-refractivity contribution in [1.29, 1.82) is 0 Å². The smallest absolute Gasteiger partial charge is 0.410 e. The lowest BCUT2D eigenvalue weighted by atomic mass is 9.82. The molecule has 0 spiro atoms. The SMILES string of the molecule is CC(C)(C)OC(=O)N1CCC(COc2cc(C(=O)O)nc3c2c(C2CCC2)nn3-c2ccccc2)CC1. The molecule has 2 aromatic heterocycles. The van der Waals surface area contributed by atoms with Crippen LogP contribution in [0.1, 0.15) is 75.0 Å². The summed E-state index contributed by atoms with van der Waals surface area (Å²) in [6.07, 6.45) is 4.54. The van der Waals surface area contributed by atoms with Crippen molar-refractivity contribution in [3.63, 3.8) is 0 Å². The monoisotopic (exact) mass is 506 g/mol. The second-order valence-electron chi connectivity index (χ2n) is 11.0. The standard InChI is InChI=1S/C28H34N4O5/c1-28(2,3)37-27(35)31-14-12-18(13-15-31)17-36-22-16-21(26(33)34)29-25-23(22)24(19-8-7-9-19)30-32(25)20-10-5-4-6-11-20/h4-6,10-11,16,18-19H,7-9,12-15,17H2,1-3H3,(H,33,34). The minimum absolute atomic E-state index is 0.0699. The fourth-order valence-electron chi connectivity index (χ4n) is 4.86. The Morgan fingerprint density at radius 3 is 2.38 bits per heavy atom. The number of pyridine rings is 1. The van der Waals surface area contributed by atoms with Crippen LogP contribution < -0.4 is 4.74 Å². The Bertz CT molecular complexity index is 1290. The summed E-state index contributed by atoms with van der Waals surface area (Å²) < 4.78 is 13.6. The minimum Gasteiger partial charge on any atom is -0.492 e. The molecule has 3 heterocycles. The highest BCUT2D eigenvalue weighted by molar-refractivity contribution is 5.94. The molecule has 1 aromatic carbocycles. The number of aromatic carboxylic acids is 1. The first-order chi connectivity index (χ1) is 17.7. The first-order valence-electron chi connectivity index (χ1n) is 13.0. The van der Waals surface area contributed by atoms with Crippen LogP contribution in [-0.2, 0) is 4.74 Å². The van der Waals surface area contributed by atoms with Gasteiger partial charge in [-0.2, -0.15) is 5.10 Å². The van der Waals surface area contributed by atoms with Crippen molar-refractivity contribution in [2.24, 2.45) is 5.92 Å². The summed E-state index contributed by atoms with van der Waals surface area (Å²) in [5.74, 6) is -0.0414. The van der Waals surface area contributed by atoms with E-state index in [-0.39, 0.29) is 17.7 Å². The van der Waals surface area contributed by atoms with Gasteiger partial charge >= 0.3 is 12.1 Å². The average molecular weight is 507 g/mol. The summed E-state index contributed by atoms with van der Waals surface area (Å²) in [5.41, 5.74) is 1.66. The highest BCUT2D eigenvalue weighted by Crippen LogP contribution is 2.42. The van der Waals surface area contributed by atoms with Gasteiger partial charge < -0.3 is 19.5 Å². The third-order valence-electron chi connectivity index (χ3n) is 7.08. The Balaban J connectivity index is 1.40. The van der Waals surface area contributed by atoms with Crippen molar-refractivity contribution in [2.75, 3.05) is 19.7 Å². The number of hydrogen-bond acceptors (Lipinski definition) is 6. The molecule has 1 N–H and O–H groups in total. The van der Waals surface area contributed by atoms with Gasteiger partial charge in [0.2, 0.25) is 0 Å². The summed E-state index contributed by atoms with van der Waals surface area (Å²) in [4.78, 5) is 30.6. The molecule has 1 saturated carbocycles. The van der Waals surface area contributed by atoms with E-state index in [1.165, 1.54) is 6.07 Å². The van der Waals surface area contributed by atoms with Crippen LogP contribution in [0.2, 0.25) is 0 Å². The Morgan fingerprint density at radius 1 is 1.08 bits per heavy atom. The summed E-state index contributed by atoms with van der Waals surface area (Å²) in [5, 5.41) is 15.5. The predicted molar refractivity (Wildman–Crippen MR) is 138 cm³/mol. The van der Waals surface area contributed by atoms with Crippen LogP contribution in [-0.4, -0.2) is 62.1 Å². The molecule has 5 rings (SSSR count). The largest absolute Gasteiger partial charge is 0.492 e. The summed E-state index contributed by atoms with van der Waals surface area (Å²) in [6, 6.07) is 11.2. The van der Waals surface area contributed by atoms with Crippen LogP contribution in [0.25, 0.3) is 16.7 Å². The number of amides is 1. The van der Waals surface area contributed by atoms with Gasteiger partial charge in [-0.1, -0.05) is 24.6 Å². The summed E-state index contributed by atoms with van der Waals surface area (Å²) in [6.45, 7) is 7.24. The third-order valence-corrected chi connectivity index (χ3v) is 7.08. The molecule has 0 bridgehead atoms. The number of carboxylic acid groups (broad SMARTS) is 1. The highest BCUT2D eigenvalue weighted by atomic mass is 16.6. The molecule has 9 nitrogen and oxygen atoms in total. The van der Waals surface area contributed by atoms with E-state index < -0.39 is 11.6 Å². The van der Waals surface area contributed by atoms with E-state index in [1.807, 2.05) is 51.1 Å². The van der Waals surface area contributed by atoms with Crippen molar-refractivity contribution in [1.82, 2.24) is 19.7 Å². The number of aromatic nitrogens is 3. The van der Waals surface area contributed by atoms with Crippen molar-refractivity contribution in [3.05, 3.63) is 47.8 Å². The molecule has 2 fully saturated rings. The maximum absolute atomic E-state index is 12.4. The molecule has 1 aliphatic carbocycles. The molecular weight excluding hydrogens is 472 g/mol. The zero-order valence-corrected chi connectivity index (χ0v) is 21.6. The predicted octanol–water partition coefficient (Wildman–Crippen LogP) is 5.41. The van der Waals surface area contributed by atoms with Crippen LogP contribution in [0.4, 0.5) is 4.79 Å². The molecule has 196 valence electrons. The van der Waals surface area contributed by atoms with Gasteiger partial charge in [-0.05, 0) is 64.5 Å². The van der Waals surface area contributed by atoms with Crippen LogP contribution in [0.15, 0.2) is 36.4 Å². The molecule has 0 radical (unpaired) electrons. The first-order valence-corrected chi connectivity index (χ1v) is 13.0. The first kappa shape index (κ1) is 25.0. The lowest BCUT2D eigenvalue weighted by molar-refractivity contribution is 0.0165. The summed E-state index contributed by atoms with van der Waals surface area (Å²) in [7, 11) is 0. The van der Waals surface area contributed by atoms with Gasteiger partial charge in [0, 0.05) is 25.1 Å². The maximum Gasteiger partial charge on any atom is 0.410 e. The van der Waals surface area contributed by atoms with E-state index >= 15 is 0 Å². The third kappa shape index (κ3) is 5.40. The molecule has 0 atom stereocenters. The van der Waals surface area contributed by atoms with Gasteiger partial charge in [-0.3, -0.25) is 0 Å². The van der Waals surface area contributed by atoms with Gasteiger partial charge in [0.1, 0.15) is 11.4 Å². The fourth-order valence-corrected chi connectivity index (χ4v) is 4.86. The van der Waals surface area contributed by atoms with Gasteiger partial charge in [-0.15, -0.1) is 0 Å². The van der Waals surface area contributed by atoms with Crippen LogP contribution in [0.5, 0.6) is 5.75 Å². The number of carboxylic acids is 1. The number of carbonyl (C=O) groups excluding carboxylic acids is 1. The molecule has 1 aliphatic heterocycles. The van der Waals surface area contributed by atoms with Crippen molar-refractivity contribution in [3.8, 4) is 11.4 Å². The van der Waals surface area contributed by atoms with E-state index in [4.69, 9.17) is 14.6 Å². The van der Waals surface area contributed by atoms with E-state index in [1.54, 1.807) is 9.58 Å². The molecule has 3 aromatic rings. The zero-order chi connectivity index (χ0) is 26.2. The lowest BCUT2D eigenvalue weighted by Gasteiger charge is -2.33. The number of rotatable bonds is 6. The number of piperidine rings is 1. The Hall–Kier alpha value is -3.62. The van der Waals surface area contributed by atoms with E-state index in [9.17, 15) is 14.7 Å². The lowest BCUT2D eigenvalue weighted by Crippen LogP contribution is -2.42. The van der Waals surface area contributed by atoms with E-state index in [0.717, 1.165) is 48.9 Å². The topological polar surface area (TPSA) is 107 Å². The van der Waals surface area contributed by atoms with Crippen molar-refractivity contribution >= 4 is 23.1 Å². The van der Waals surface area contributed by atoms with Gasteiger partial charge in [0.15, 0.2) is 11.3 Å². The van der Waals surface area contributed by atoms with E-state index in [0.29, 0.717) is 37.0 Å². The molecule has 9 heteroatoms. The molecule has 1 amide bonds. The fraction of sp³-hybridized carbons (Fsp3) is 0.500. The molecular formula is C28H34N4O5. The second-order valence-corrected chi connectivity index (χ2v) is 11.0. The van der Waals surface area contributed by atoms with Crippen molar-refractivity contribution < 1.29 is 24.2 Å². The average Bonchev–Trinajstić information content (AvgIpc) is 3.20. The Labute approximate surface area is 216 Å². The molecule has 2 aliphatic rings. The molecule has 1 saturated heterocycles. The van der Waals surface area contributed by atoms with Gasteiger partial charge in [-0.25, -0.2) is 19.3 Å². The van der Waals surface area contributed by atoms with Gasteiger partial charge in [0.25, 0.3) is 0 Å². The van der Waals surface area contributed by atoms with Crippen LogP contribution in [0, 0.1) is 5.92 Å². The second kappa shape index (κ2) is 10.0. The van der Waals surface area contributed by atoms with Crippen LogP contribution in [0.3, 0.4) is 0 Å². The molecule has 37 heavy (non-hydrogen) atoms. The van der Waals surface area contributed by atoms with Gasteiger partial charge in [0.05, 0.1) is 23.4 Å². The Morgan fingerprint density at radius 2 is 1.78 bits per heavy atom. The zero-order valence-electron chi connectivity index (χ0n) is 21.6. The Kier molecular flexibility index (Phi) is 6.79. The van der Waals surface area contributed by atoms with E-state index in [2.05, 4.69) is 4.98 Å². The number of nitrogens with zero attached hydrogens (tertiary/aromatic N) is 4. The van der Waals surface area contributed by atoms with Crippen molar-refractivity contribution in [2.45, 2.75) is 64.4 Å².